The smallest absolute Gasteiger partial charge is 0.276 e. The molecule has 4 N–H and O–H groups in total. The molecule has 0 aliphatic carbocycles. The minimum Gasteiger partial charge on any atom is -0.391 e. The van der Waals surface area contributed by atoms with Gasteiger partial charge in [0.25, 0.3) is 5.56 Å². The van der Waals surface area contributed by atoms with Crippen molar-refractivity contribution in [1.29, 1.82) is 0 Å². The van der Waals surface area contributed by atoms with Crippen LogP contribution in [0.5, 0.6) is 0 Å². The van der Waals surface area contributed by atoms with Gasteiger partial charge in [0.2, 0.25) is 0 Å². The van der Waals surface area contributed by atoms with Gasteiger partial charge >= 0.3 is 0 Å². The zero-order chi connectivity index (χ0) is 12.3. The largest absolute Gasteiger partial charge is 0.391 e. The molecule has 90 valence electrons. The molecule has 0 bridgehead atoms. The summed E-state index contributed by atoms with van der Waals surface area (Å²) in [6.45, 7) is 4.83. The maximum absolute atomic E-state index is 11.2. The van der Waals surface area contributed by atoms with Gasteiger partial charge < -0.3 is 20.9 Å². The van der Waals surface area contributed by atoms with E-state index < -0.39 is 0 Å². The van der Waals surface area contributed by atoms with Crippen LogP contribution >= 0.6 is 0 Å². The highest BCUT2D eigenvalue weighted by molar-refractivity contribution is 5.58. The molecule has 6 nitrogen and oxygen atoms in total. The Kier molecular flexibility index (Phi) is 3.54. The predicted octanol–water partition coefficient (Wildman–Crippen LogP) is 0.104. The zero-order valence-corrected chi connectivity index (χ0v) is 10.2. The number of nitrogens with two attached hydrogens (primary N) is 1. The van der Waals surface area contributed by atoms with E-state index in [2.05, 4.69) is 34.0 Å². The van der Waals surface area contributed by atoms with Crippen molar-refractivity contribution < 1.29 is 0 Å². The van der Waals surface area contributed by atoms with Crippen molar-refractivity contribution in [1.82, 2.24) is 14.9 Å². The van der Waals surface area contributed by atoms with Crippen molar-refractivity contribution in [2.75, 3.05) is 31.7 Å². The number of H-pyrrole nitrogens is 1. The van der Waals surface area contributed by atoms with Gasteiger partial charge in [-0.15, -0.1) is 0 Å². The van der Waals surface area contributed by atoms with Gasteiger partial charge in [-0.05, 0) is 27.9 Å². The lowest BCUT2D eigenvalue weighted by atomic mass is 10.0. The summed E-state index contributed by atoms with van der Waals surface area (Å²) in [7, 11) is 3.99. The lowest BCUT2D eigenvalue weighted by molar-refractivity contribution is 0.210. The molecule has 0 aliphatic heterocycles. The number of likely N-dealkylation sites (N-methyl/N-ethyl adjacent to an activating group) is 1. The van der Waals surface area contributed by atoms with E-state index in [1.54, 1.807) is 0 Å². The first kappa shape index (κ1) is 12.5. The molecule has 0 amide bonds. The second-order valence-corrected chi connectivity index (χ2v) is 4.55. The molecule has 1 heterocycles. The van der Waals surface area contributed by atoms with Gasteiger partial charge in [-0.3, -0.25) is 4.79 Å². The molecular weight excluding hydrogens is 206 g/mol. The van der Waals surface area contributed by atoms with E-state index >= 15 is 0 Å². The minimum atomic E-state index is -0.319. The Morgan fingerprint density at radius 3 is 2.75 bits per heavy atom. The van der Waals surface area contributed by atoms with Crippen molar-refractivity contribution in [3.8, 4) is 0 Å². The zero-order valence-electron chi connectivity index (χ0n) is 10.2. The molecule has 1 aromatic heterocycles. The number of hydrogen-bond acceptors (Lipinski definition) is 5. The molecular formula is C10H19N5O. The fraction of sp³-hybridized carbons (Fsp3) is 0.600. The van der Waals surface area contributed by atoms with Gasteiger partial charge in [-0.25, -0.2) is 4.98 Å². The van der Waals surface area contributed by atoms with Crippen LogP contribution in [0.4, 0.5) is 11.5 Å². The number of hydrogen-bond donors (Lipinski definition) is 3. The van der Waals surface area contributed by atoms with Crippen LogP contribution in [0.2, 0.25) is 0 Å². The van der Waals surface area contributed by atoms with Gasteiger partial charge in [0.15, 0.2) is 5.82 Å². The van der Waals surface area contributed by atoms with Crippen molar-refractivity contribution in [3.05, 3.63) is 16.7 Å². The number of aromatic amines is 1. The Hall–Kier alpha value is -1.56. The van der Waals surface area contributed by atoms with Gasteiger partial charge in [0, 0.05) is 12.1 Å². The Bertz CT molecular complexity index is 410. The summed E-state index contributed by atoms with van der Waals surface area (Å²) in [6.07, 6.45) is 1.34. The first-order valence-corrected chi connectivity index (χ1v) is 5.09. The number of anilines is 2. The molecule has 0 aliphatic rings. The number of nitrogens with one attached hydrogen (secondary N) is 2. The molecule has 1 aromatic rings. The second-order valence-electron chi connectivity index (χ2n) is 4.55. The lowest BCUT2D eigenvalue weighted by Gasteiger charge is -2.32. The Morgan fingerprint density at radius 1 is 1.56 bits per heavy atom. The lowest BCUT2D eigenvalue weighted by Crippen LogP contribution is -2.44. The maximum atomic E-state index is 11.2. The van der Waals surface area contributed by atoms with E-state index in [1.165, 1.54) is 6.33 Å². The molecule has 0 aromatic carbocycles. The number of aromatic nitrogens is 2. The van der Waals surface area contributed by atoms with Crippen LogP contribution in [-0.4, -0.2) is 41.0 Å². The summed E-state index contributed by atoms with van der Waals surface area (Å²) in [4.78, 5) is 19.7. The van der Waals surface area contributed by atoms with E-state index in [4.69, 9.17) is 5.73 Å². The third-order valence-corrected chi connectivity index (χ3v) is 2.79. The highest BCUT2D eigenvalue weighted by Gasteiger charge is 2.20. The van der Waals surface area contributed by atoms with Gasteiger partial charge in [-0.2, -0.15) is 0 Å². The SMILES string of the molecule is CN(C)C(C)(C)CNc1nc[nH]c(=O)c1N. The predicted molar refractivity (Wildman–Crippen MR) is 65.5 cm³/mol. The second kappa shape index (κ2) is 4.52. The van der Waals surface area contributed by atoms with Crippen molar-refractivity contribution in [3.63, 3.8) is 0 Å². The van der Waals surface area contributed by atoms with E-state index in [-0.39, 0.29) is 16.8 Å². The summed E-state index contributed by atoms with van der Waals surface area (Å²) in [5.74, 6) is 0.429. The number of nitrogens with zero attached hydrogens (tertiary/aromatic N) is 2. The molecule has 1 rings (SSSR count). The van der Waals surface area contributed by atoms with E-state index in [0.29, 0.717) is 12.4 Å². The summed E-state index contributed by atoms with van der Waals surface area (Å²) in [5, 5.41) is 3.08. The summed E-state index contributed by atoms with van der Waals surface area (Å²) < 4.78 is 0. The molecule has 0 unspecified atom stereocenters. The van der Waals surface area contributed by atoms with Crippen LogP contribution in [0.3, 0.4) is 0 Å². The van der Waals surface area contributed by atoms with E-state index in [9.17, 15) is 4.79 Å². The molecule has 0 saturated heterocycles. The van der Waals surface area contributed by atoms with Crippen LogP contribution in [0.15, 0.2) is 11.1 Å². The van der Waals surface area contributed by atoms with Crippen LogP contribution in [0.1, 0.15) is 13.8 Å². The summed E-state index contributed by atoms with van der Waals surface area (Å²) >= 11 is 0. The number of nitrogen functional groups attached to an aromatic ring is 1. The monoisotopic (exact) mass is 225 g/mol. The van der Waals surface area contributed by atoms with Crippen molar-refractivity contribution in [2.24, 2.45) is 0 Å². The van der Waals surface area contributed by atoms with Gasteiger partial charge in [0.05, 0.1) is 6.33 Å². The maximum Gasteiger partial charge on any atom is 0.276 e. The van der Waals surface area contributed by atoms with Crippen LogP contribution in [0.25, 0.3) is 0 Å². The number of rotatable bonds is 4. The van der Waals surface area contributed by atoms with Gasteiger partial charge in [0.1, 0.15) is 5.69 Å². The average Bonchev–Trinajstić information content (AvgIpc) is 2.20. The first-order chi connectivity index (χ1) is 7.34. The fourth-order valence-electron chi connectivity index (χ4n) is 1.01. The molecule has 0 radical (unpaired) electrons. The molecule has 0 saturated carbocycles. The fourth-order valence-corrected chi connectivity index (χ4v) is 1.01. The highest BCUT2D eigenvalue weighted by Crippen LogP contribution is 2.13. The molecule has 16 heavy (non-hydrogen) atoms. The minimum absolute atomic E-state index is 0.0449. The van der Waals surface area contributed by atoms with Crippen LogP contribution in [-0.2, 0) is 0 Å². The Labute approximate surface area is 94.9 Å². The topological polar surface area (TPSA) is 87.0 Å². The summed E-state index contributed by atoms with van der Waals surface area (Å²) in [6, 6.07) is 0. The first-order valence-electron chi connectivity index (χ1n) is 5.09. The molecule has 0 atom stereocenters. The third kappa shape index (κ3) is 2.73. The van der Waals surface area contributed by atoms with E-state index in [1.807, 2.05) is 14.1 Å². The average molecular weight is 225 g/mol. The Balaban J connectivity index is 2.76. The van der Waals surface area contributed by atoms with Crippen LogP contribution < -0.4 is 16.6 Å². The standard InChI is InChI=1S/C10H19N5O/c1-10(2,15(3)4)5-12-8-7(11)9(16)14-6-13-8/h6H,5,11H2,1-4H3,(H2,12,13,14,16). The van der Waals surface area contributed by atoms with Gasteiger partial charge in [-0.1, -0.05) is 0 Å². The Morgan fingerprint density at radius 2 is 2.19 bits per heavy atom. The highest BCUT2D eigenvalue weighted by atomic mass is 16.1. The molecule has 6 heteroatoms. The van der Waals surface area contributed by atoms with Crippen molar-refractivity contribution in [2.45, 2.75) is 19.4 Å². The van der Waals surface area contributed by atoms with Crippen molar-refractivity contribution >= 4 is 11.5 Å². The quantitative estimate of drug-likeness (QED) is 0.676. The van der Waals surface area contributed by atoms with Crippen LogP contribution in [0, 0.1) is 0 Å². The third-order valence-electron chi connectivity index (χ3n) is 2.79. The molecule has 0 fully saturated rings. The summed E-state index contributed by atoms with van der Waals surface area (Å²) in [5.41, 5.74) is 5.36. The normalized spacial score (nSPS) is 11.8. The molecule has 0 spiro atoms. The van der Waals surface area contributed by atoms with E-state index in [0.717, 1.165) is 0 Å².